The van der Waals surface area contributed by atoms with Crippen LogP contribution in [0.1, 0.15) is 5.56 Å². The van der Waals surface area contributed by atoms with Crippen molar-refractivity contribution >= 4 is 18.5 Å². The minimum Gasteiger partial charge on any atom is -0.508 e. The molecule has 1 aromatic rings. The molecule has 0 radical (unpaired) electrons. The molecule has 0 aliphatic carbocycles. The van der Waals surface area contributed by atoms with Crippen LogP contribution in [0.5, 0.6) is 5.75 Å². The van der Waals surface area contributed by atoms with Gasteiger partial charge < -0.3 is 9.84 Å². The van der Waals surface area contributed by atoms with Gasteiger partial charge in [0.2, 0.25) is 0 Å². The maximum absolute atomic E-state index is 10.7. The average Bonchev–Trinajstić information content (AvgIpc) is 2.17. The van der Waals surface area contributed by atoms with Crippen molar-refractivity contribution in [3.63, 3.8) is 0 Å². The van der Waals surface area contributed by atoms with Crippen LogP contribution in [0.25, 0.3) is 6.08 Å². The Kier molecular flexibility index (Phi) is 3.43. The third kappa shape index (κ3) is 3.10. The second-order valence-electron chi connectivity index (χ2n) is 2.46. The molecule has 0 heterocycles. The van der Waals surface area contributed by atoms with E-state index in [0.717, 1.165) is 11.6 Å². The van der Waals surface area contributed by atoms with E-state index in [9.17, 15) is 9.59 Å². The summed E-state index contributed by atoms with van der Waals surface area (Å²) in [6, 6.07) is 6.23. The summed E-state index contributed by atoms with van der Waals surface area (Å²) in [5.41, 5.74) is 0.727. The second-order valence-corrected chi connectivity index (χ2v) is 2.46. The number of carbonyl (C=O) groups excluding carboxylic acids is 2. The quantitative estimate of drug-likeness (QED) is 0.337. The van der Waals surface area contributed by atoms with Crippen molar-refractivity contribution in [1.29, 1.82) is 0 Å². The fraction of sp³-hybridized carbons (Fsp3) is 0. The molecule has 0 atom stereocenters. The zero-order valence-corrected chi connectivity index (χ0v) is 7.21. The first-order valence-corrected chi connectivity index (χ1v) is 3.84. The van der Waals surface area contributed by atoms with Gasteiger partial charge in [0.25, 0.3) is 0 Å². The SMILES string of the molecule is O=COC(=O)/C=C/c1ccc(O)cc1. The smallest absolute Gasteiger partial charge is 0.338 e. The van der Waals surface area contributed by atoms with Gasteiger partial charge in [-0.1, -0.05) is 12.1 Å². The molecule has 0 aromatic heterocycles. The van der Waals surface area contributed by atoms with Crippen LogP contribution in [-0.4, -0.2) is 17.5 Å². The van der Waals surface area contributed by atoms with Gasteiger partial charge in [0.15, 0.2) is 0 Å². The molecule has 1 N–H and O–H groups in total. The van der Waals surface area contributed by atoms with E-state index >= 15 is 0 Å². The molecule has 0 bridgehead atoms. The van der Waals surface area contributed by atoms with Crippen molar-refractivity contribution in [2.45, 2.75) is 0 Å². The van der Waals surface area contributed by atoms with Crippen molar-refractivity contribution in [1.82, 2.24) is 0 Å². The molecule has 0 spiro atoms. The van der Waals surface area contributed by atoms with Crippen LogP contribution in [0, 0.1) is 0 Å². The van der Waals surface area contributed by atoms with Crippen LogP contribution in [0.15, 0.2) is 30.3 Å². The number of ether oxygens (including phenoxy) is 1. The summed E-state index contributed by atoms with van der Waals surface area (Å²) in [4.78, 5) is 20.5. The normalized spacial score (nSPS) is 10.0. The van der Waals surface area contributed by atoms with Gasteiger partial charge in [-0.25, -0.2) is 4.79 Å². The molecule has 1 aromatic carbocycles. The van der Waals surface area contributed by atoms with E-state index in [0.29, 0.717) is 0 Å². The van der Waals surface area contributed by atoms with Gasteiger partial charge in [-0.2, -0.15) is 0 Å². The Balaban J connectivity index is 2.64. The van der Waals surface area contributed by atoms with E-state index in [4.69, 9.17) is 5.11 Å². The summed E-state index contributed by atoms with van der Waals surface area (Å²) >= 11 is 0. The molecule has 0 saturated heterocycles. The summed E-state index contributed by atoms with van der Waals surface area (Å²) in [6.07, 6.45) is 2.60. The molecule has 0 unspecified atom stereocenters. The van der Waals surface area contributed by atoms with Crippen molar-refractivity contribution in [3.05, 3.63) is 35.9 Å². The minimum atomic E-state index is -0.729. The highest BCUT2D eigenvalue weighted by Crippen LogP contribution is 2.10. The number of hydrogen-bond acceptors (Lipinski definition) is 4. The lowest BCUT2D eigenvalue weighted by atomic mass is 10.2. The van der Waals surface area contributed by atoms with Crippen molar-refractivity contribution in [2.24, 2.45) is 0 Å². The summed E-state index contributed by atoms with van der Waals surface area (Å²) in [7, 11) is 0. The number of phenols is 1. The molecular weight excluding hydrogens is 184 g/mol. The van der Waals surface area contributed by atoms with Crippen molar-refractivity contribution in [3.8, 4) is 5.75 Å². The maximum Gasteiger partial charge on any atom is 0.338 e. The first-order valence-electron chi connectivity index (χ1n) is 3.84. The van der Waals surface area contributed by atoms with E-state index in [1.165, 1.54) is 18.2 Å². The van der Waals surface area contributed by atoms with Crippen LogP contribution < -0.4 is 0 Å². The Labute approximate surface area is 80.4 Å². The zero-order valence-electron chi connectivity index (χ0n) is 7.21. The Hall–Kier alpha value is -2.10. The number of rotatable bonds is 3. The summed E-state index contributed by atoms with van der Waals surface area (Å²) in [5, 5.41) is 8.96. The van der Waals surface area contributed by atoms with Gasteiger partial charge >= 0.3 is 12.4 Å². The Bertz CT molecular complexity index is 351. The van der Waals surface area contributed by atoms with Crippen LogP contribution in [0.2, 0.25) is 0 Å². The van der Waals surface area contributed by atoms with Gasteiger partial charge in [-0.05, 0) is 23.8 Å². The first kappa shape index (κ1) is 9.98. The number of aromatic hydroxyl groups is 1. The summed E-state index contributed by atoms with van der Waals surface area (Å²) in [6.45, 7) is 0.0729. The number of hydrogen-bond donors (Lipinski definition) is 1. The predicted octanol–water partition coefficient (Wildman–Crippen LogP) is 1.10. The Morgan fingerprint density at radius 3 is 2.50 bits per heavy atom. The van der Waals surface area contributed by atoms with Gasteiger partial charge in [-0.3, -0.25) is 4.79 Å². The van der Waals surface area contributed by atoms with Crippen LogP contribution >= 0.6 is 0 Å². The molecule has 14 heavy (non-hydrogen) atoms. The lowest BCUT2D eigenvalue weighted by molar-refractivity contribution is -0.147. The van der Waals surface area contributed by atoms with E-state index in [-0.39, 0.29) is 12.2 Å². The van der Waals surface area contributed by atoms with Gasteiger partial charge in [0.1, 0.15) is 5.75 Å². The van der Waals surface area contributed by atoms with Crippen LogP contribution in [0.3, 0.4) is 0 Å². The van der Waals surface area contributed by atoms with E-state index in [1.807, 2.05) is 0 Å². The Morgan fingerprint density at radius 1 is 1.29 bits per heavy atom. The summed E-state index contributed by atoms with van der Waals surface area (Å²) in [5.74, 6) is -0.578. The topological polar surface area (TPSA) is 63.6 Å². The van der Waals surface area contributed by atoms with Gasteiger partial charge in [0.05, 0.1) is 0 Å². The molecule has 4 heteroatoms. The minimum absolute atomic E-state index is 0.0729. The van der Waals surface area contributed by atoms with E-state index in [2.05, 4.69) is 4.74 Å². The van der Waals surface area contributed by atoms with Crippen molar-refractivity contribution in [2.75, 3.05) is 0 Å². The number of phenolic OH excluding ortho intramolecular Hbond substituents is 1. The third-order valence-electron chi connectivity index (χ3n) is 1.47. The molecule has 0 aliphatic rings. The number of benzene rings is 1. The van der Waals surface area contributed by atoms with E-state index in [1.54, 1.807) is 12.1 Å². The number of carbonyl (C=O) groups is 2. The second kappa shape index (κ2) is 4.81. The highest BCUT2D eigenvalue weighted by atomic mass is 16.6. The standard InChI is InChI=1S/C10H8O4/c11-7-14-10(13)6-3-8-1-4-9(12)5-2-8/h1-7,12H/b6-3+. The molecular formula is C10H8O4. The monoisotopic (exact) mass is 192 g/mol. The zero-order chi connectivity index (χ0) is 10.4. The average molecular weight is 192 g/mol. The Morgan fingerprint density at radius 2 is 1.93 bits per heavy atom. The molecule has 4 nitrogen and oxygen atoms in total. The lowest BCUT2D eigenvalue weighted by Gasteiger charge is -1.93. The molecule has 0 saturated carbocycles. The lowest BCUT2D eigenvalue weighted by Crippen LogP contribution is -1.96. The molecule has 72 valence electrons. The van der Waals surface area contributed by atoms with Gasteiger partial charge in [-0.15, -0.1) is 0 Å². The van der Waals surface area contributed by atoms with Gasteiger partial charge in [0, 0.05) is 6.08 Å². The summed E-state index contributed by atoms with van der Waals surface area (Å²) < 4.78 is 4.03. The van der Waals surface area contributed by atoms with Crippen LogP contribution in [0.4, 0.5) is 0 Å². The fourth-order valence-corrected chi connectivity index (χ4v) is 0.836. The highest BCUT2D eigenvalue weighted by molar-refractivity contribution is 5.90. The van der Waals surface area contributed by atoms with Crippen LogP contribution in [-0.2, 0) is 14.3 Å². The molecule has 0 aliphatic heterocycles. The van der Waals surface area contributed by atoms with E-state index < -0.39 is 5.97 Å². The number of esters is 1. The highest BCUT2D eigenvalue weighted by Gasteiger charge is 1.94. The molecule has 0 fully saturated rings. The predicted molar refractivity (Wildman–Crippen MR) is 49.3 cm³/mol. The first-order chi connectivity index (χ1) is 6.72. The third-order valence-corrected chi connectivity index (χ3v) is 1.47. The fourth-order valence-electron chi connectivity index (χ4n) is 0.836. The molecule has 1 rings (SSSR count). The molecule has 0 amide bonds. The van der Waals surface area contributed by atoms with Crippen molar-refractivity contribution < 1.29 is 19.4 Å². The largest absolute Gasteiger partial charge is 0.508 e. The maximum atomic E-state index is 10.7.